The fraction of sp³-hybridized carbons (Fsp3) is 0.250. The fourth-order valence-corrected chi connectivity index (χ4v) is 3.37. The third kappa shape index (κ3) is 3.54. The number of rotatable bonds is 3. The lowest BCUT2D eigenvalue weighted by molar-refractivity contribution is 0.174. The second-order valence-electron chi connectivity index (χ2n) is 6.73. The van der Waals surface area contributed by atoms with Gasteiger partial charge < -0.3 is 29.0 Å². The SMILES string of the molecule is O=C(Nc1ccc2c(c1)OCO2)N1CCN(c2ccc(-c3ccco3)nn2)CC1. The molecule has 1 fully saturated rings. The monoisotopic (exact) mass is 393 g/mol. The van der Waals surface area contributed by atoms with Crippen LogP contribution in [0.3, 0.4) is 0 Å². The first-order valence-corrected chi connectivity index (χ1v) is 9.34. The summed E-state index contributed by atoms with van der Waals surface area (Å²) in [5.41, 5.74) is 1.38. The fourth-order valence-electron chi connectivity index (χ4n) is 3.37. The van der Waals surface area contributed by atoms with E-state index in [2.05, 4.69) is 20.4 Å². The third-order valence-electron chi connectivity index (χ3n) is 4.94. The maximum Gasteiger partial charge on any atom is 0.321 e. The van der Waals surface area contributed by atoms with Gasteiger partial charge in [-0.05, 0) is 36.4 Å². The minimum Gasteiger partial charge on any atom is -0.463 e. The smallest absolute Gasteiger partial charge is 0.321 e. The molecule has 0 radical (unpaired) electrons. The van der Waals surface area contributed by atoms with Crippen molar-refractivity contribution in [3.05, 3.63) is 48.7 Å². The van der Waals surface area contributed by atoms with Crippen LogP contribution >= 0.6 is 0 Å². The number of urea groups is 1. The van der Waals surface area contributed by atoms with Gasteiger partial charge in [-0.3, -0.25) is 0 Å². The Bertz CT molecular complexity index is 998. The molecule has 1 N–H and O–H groups in total. The van der Waals surface area contributed by atoms with Crippen LogP contribution in [0.5, 0.6) is 11.5 Å². The van der Waals surface area contributed by atoms with E-state index >= 15 is 0 Å². The number of amides is 2. The number of hydrogen-bond donors (Lipinski definition) is 1. The van der Waals surface area contributed by atoms with Crippen LogP contribution in [-0.2, 0) is 0 Å². The highest BCUT2D eigenvalue weighted by Gasteiger charge is 2.23. The van der Waals surface area contributed by atoms with Gasteiger partial charge in [-0.1, -0.05) is 0 Å². The van der Waals surface area contributed by atoms with Crippen molar-refractivity contribution < 1.29 is 18.7 Å². The van der Waals surface area contributed by atoms with Crippen molar-refractivity contribution in [3.8, 4) is 23.0 Å². The number of benzene rings is 1. The number of anilines is 2. The molecule has 148 valence electrons. The molecule has 0 unspecified atom stereocenters. The molecule has 5 rings (SSSR count). The number of hydrogen-bond acceptors (Lipinski definition) is 7. The van der Waals surface area contributed by atoms with Crippen molar-refractivity contribution >= 4 is 17.5 Å². The lowest BCUT2D eigenvalue weighted by Gasteiger charge is -2.35. The maximum absolute atomic E-state index is 12.6. The number of aromatic nitrogens is 2. The summed E-state index contributed by atoms with van der Waals surface area (Å²) in [5.74, 6) is 2.81. The van der Waals surface area contributed by atoms with Gasteiger partial charge in [-0.25, -0.2) is 4.79 Å². The molecule has 0 atom stereocenters. The van der Waals surface area contributed by atoms with Crippen LogP contribution in [0.2, 0.25) is 0 Å². The molecule has 4 heterocycles. The number of nitrogens with zero attached hydrogens (tertiary/aromatic N) is 4. The zero-order valence-electron chi connectivity index (χ0n) is 15.6. The van der Waals surface area contributed by atoms with Crippen molar-refractivity contribution in [2.75, 3.05) is 43.2 Å². The zero-order chi connectivity index (χ0) is 19.6. The molecule has 1 aromatic carbocycles. The van der Waals surface area contributed by atoms with E-state index in [4.69, 9.17) is 13.9 Å². The van der Waals surface area contributed by atoms with Crippen molar-refractivity contribution in [3.63, 3.8) is 0 Å². The van der Waals surface area contributed by atoms with Gasteiger partial charge in [-0.2, -0.15) is 0 Å². The molecule has 0 aliphatic carbocycles. The van der Waals surface area contributed by atoms with Crippen molar-refractivity contribution in [1.29, 1.82) is 0 Å². The molecule has 1 saturated heterocycles. The first-order chi connectivity index (χ1) is 14.3. The highest BCUT2D eigenvalue weighted by atomic mass is 16.7. The maximum atomic E-state index is 12.6. The minimum absolute atomic E-state index is 0.136. The summed E-state index contributed by atoms with van der Waals surface area (Å²) in [6.07, 6.45) is 1.61. The van der Waals surface area contributed by atoms with Gasteiger partial charge in [0.25, 0.3) is 0 Å². The standard InChI is InChI=1S/C20H19N5O4/c26-20(21-14-3-5-17-18(12-14)29-13-28-17)25-9-7-24(8-10-25)19-6-4-15(22-23-19)16-2-1-11-27-16/h1-6,11-12H,7-10,13H2,(H,21,26). The Hall–Kier alpha value is -3.75. The first-order valence-electron chi connectivity index (χ1n) is 9.34. The normalized spacial score (nSPS) is 15.4. The highest BCUT2D eigenvalue weighted by Crippen LogP contribution is 2.34. The van der Waals surface area contributed by atoms with E-state index in [9.17, 15) is 4.79 Å². The number of carbonyl (C=O) groups is 1. The van der Waals surface area contributed by atoms with E-state index in [1.165, 1.54) is 0 Å². The van der Waals surface area contributed by atoms with Crippen LogP contribution in [0.25, 0.3) is 11.5 Å². The van der Waals surface area contributed by atoms with E-state index in [0.29, 0.717) is 54.8 Å². The van der Waals surface area contributed by atoms with Gasteiger partial charge in [0.15, 0.2) is 23.1 Å². The quantitative estimate of drug-likeness (QED) is 0.731. The number of ether oxygens (including phenoxy) is 2. The number of fused-ring (bicyclic) bond motifs is 1. The Morgan fingerprint density at radius 2 is 1.83 bits per heavy atom. The number of piperazine rings is 1. The molecule has 9 nitrogen and oxygen atoms in total. The largest absolute Gasteiger partial charge is 0.463 e. The van der Waals surface area contributed by atoms with E-state index in [0.717, 1.165) is 5.82 Å². The van der Waals surface area contributed by atoms with Crippen LogP contribution in [0.1, 0.15) is 0 Å². The molecule has 2 amide bonds. The molecule has 0 bridgehead atoms. The lowest BCUT2D eigenvalue weighted by Crippen LogP contribution is -2.50. The molecule has 2 aliphatic heterocycles. The summed E-state index contributed by atoms with van der Waals surface area (Å²) < 4.78 is 16.0. The van der Waals surface area contributed by atoms with Gasteiger partial charge >= 0.3 is 6.03 Å². The van der Waals surface area contributed by atoms with Crippen molar-refractivity contribution in [2.24, 2.45) is 0 Å². The average molecular weight is 393 g/mol. The lowest BCUT2D eigenvalue weighted by atomic mass is 10.2. The summed E-state index contributed by atoms with van der Waals surface area (Å²) in [6.45, 7) is 2.77. The molecular formula is C20H19N5O4. The Labute approximate surface area is 166 Å². The molecule has 2 aliphatic rings. The van der Waals surface area contributed by atoms with Crippen LogP contribution < -0.4 is 19.7 Å². The number of nitrogens with one attached hydrogen (secondary N) is 1. The number of carbonyl (C=O) groups excluding carboxylic acids is 1. The Morgan fingerprint density at radius 3 is 2.59 bits per heavy atom. The highest BCUT2D eigenvalue weighted by molar-refractivity contribution is 5.90. The van der Waals surface area contributed by atoms with Gasteiger partial charge in [0.1, 0.15) is 5.69 Å². The molecule has 3 aromatic rings. The molecule has 29 heavy (non-hydrogen) atoms. The van der Waals surface area contributed by atoms with Gasteiger partial charge in [0.2, 0.25) is 6.79 Å². The summed E-state index contributed by atoms with van der Waals surface area (Å²) >= 11 is 0. The zero-order valence-corrected chi connectivity index (χ0v) is 15.6. The molecule has 0 saturated carbocycles. The third-order valence-corrected chi connectivity index (χ3v) is 4.94. The van der Waals surface area contributed by atoms with Crippen LogP contribution in [-0.4, -0.2) is 54.1 Å². The van der Waals surface area contributed by atoms with Crippen LogP contribution in [0.15, 0.2) is 53.1 Å². The van der Waals surface area contributed by atoms with E-state index in [1.807, 2.05) is 24.3 Å². The topological polar surface area (TPSA) is 93.0 Å². The van der Waals surface area contributed by atoms with E-state index < -0.39 is 0 Å². The van der Waals surface area contributed by atoms with Crippen molar-refractivity contribution in [2.45, 2.75) is 0 Å². The average Bonchev–Trinajstić information content (AvgIpc) is 3.46. The predicted molar refractivity (Wildman–Crippen MR) is 105 cm³/mol. The van der Waals surface area contributed by atoms with E-state index in [1.54, 1.807) is 29.4 Å². The predicted octanol–water partition coefficient (Wildman–Crippen LogP) is 2.82. The summed E-state index contributed by atoms with van der Waals surface area (Å²) in [4.78, 5) is 16.5. The molecule has 2 aromatic heterocycles. The Kier molecular flexibility index (Phi) is 4.39. The van der Waals surface area contributed by atoms with Crippen molar-refractivity contribution in [1.82, 2.24) is 15.1 Å². The van der Waals surface area contributed by atoms with Crippen LogP contribution in [0, 0.1) is 0 Å². The minimum atomic E-state index is -0.136. The van der Waals surface area contributed by atoms with Gasteiger partial charge in [0, 0.05) is 37.9 Å². The Morgan fingerprint density at radius 1 is 0.966 bits per heavy atom. The van der Waals surface area contributed by atoms with Crippen LogP contribution in [0.4, 0.5) is 16.3 Å². The van der Waals surface area contributed by atoms with Gasteiger partial charge in [-0.15, -0.1) is 10.2 Å². The second-order valence-corrected chi connectivity index (χ2v) is 6.73. The molecular weight excluding hydrogens is 374 g/mol. The van der Waals surface area contributed by atoms with Gasteiger partial charge in [0.05, 0.1) is 6.26 Å². The number of furan rings is 1. The summed E-state index contributed by atoms with van der Waals surface area (Å²) in [7, 11) is 0. The summed E-state index contributed by atoms with van der Waals surface area (Å²) in [6, 6.07) is 12.7. The first kappa shape index (κ1) is 17.4. The molecule has 9 heteroatoms. The molecule has 0 spiro atoms. The second kappa shape index (κ2) is 7.34. The van der Waals surface area contributed by atoms with E-state index in [-0.39, 0.29) is 12.8 Å². The summed E-state index contributed by atoms with van der Waals surface area (Å²) in [5, 5.41) is 11.4. The Balaban J connectivity index is 1.17.